The van der Waals surface area contributed by atoms with Crippen molar-refractivity contribution in [2.45, 2.75) is 83.8 Å². The van der Waals surface area contributed by atoms with E-state index in [1.807, 2.05) is 30.5 Å². The number of aromatic nitrogens is 1. The molecular formula is C30H48N10O4. The number of ketones is 2. The zero-order valence-corrected chi connectivity index (χ0v) is 25.9. The number of carbonyl (C=O) groups is 4. The number of aromatic amines is 1. The van der Waals surface area contributed by atoms with Crippen molar-refractivity contribution in [3.63, 3.8) is 0 Å². The Morgan fingerprint density at radius 3 is 2.09 bits per heavy atom. The Balaban J connectivity index is 2.06. The van der Waals surface area contributed by atoms with Crippen molar-refractivity contribution < 1.29 is 19.2 Å². The molecule has 3 atom stereocenters. The van der Waals surface area contributed by atoms with Crippen molar-refractivity contribution in [1.29, 1.82) is 0 Å². The molecule has 14 heteroatoms. The Morgan fingerprint density at radius 2 is 1.48 bits per heavy atom. The van der Waals surface area contributed by atoms with Crippen LogP contribution in [0.25, 0.3) is 10.9 Å². The minimum Gasteiger partial charge on any atom is -0.370 e. The third-order valence-electron chi connectivity index (χ3n) is 7.04. The maximum absolute atomic E-state index is 13.3. The summed E-state index contributed by atoms with van der Waals surface area (Å²) >= 11 is 0. The van der Waals surface area contributed by atoms with E-state index >= 15 is 0 Å². The summed E-state index contributed by atoms with van der Waals surface area (Å²) in [6.45, 7) is 5.98. The molecule has 242 valence electrons. The minimum absolute atomic E-state index is 0.0504. The number of guanidine groups is 2. The molecule has 2 aromatic rings. The van der Waals surface area contributed by atoms with Crippen molar-refractivity contribution in [3.05, 3.63) is 36.0 Å². The lowest BCUT2D eigenvalue weighted by Gasteiger charge is -2.25. The van der Waals surface area contributed by atoms with Gasteiger partial charge in [-0.25, -0.2) is 0 Å². The molecule has 0 unspecified atom stereocenters. The molecule has 13 N–H and O–H groups in total. The van der Waals surface area contributed by atoms with Gasteiger partial charge in [0, 0.05) is 54.9 Å². The number of hydrogen-bond donors (Lipinski definition) is 8. The first-order valence-electron chi connectivity index (χ1n) is 14.8. The molecule has 1 aromatic carbocycles. The number of aliphatic imine (C=N–C) groups is 2. The van der Waals surface area contributed by atoms with Crippen LogP contribution in [-0.4, -0.2) is 71.5 Å². The van der Waals surface area contributed by atoms with Crippen molar-refractivity contribution in [3.8, 4) is 0 Å². The predicted molar refractivity (Wildman–Crippen MR) is 172 cm³/mol. The van der Waals surface area contributed by atoms with Crippen LogP contribution in [0.1, 0.15) is 64.9 Å². The second-order valence-corrected chi connectivity index (χ2v) is 11.8. The molecule has 0 bridgehead atoms. The van der Waals surface area contributed by atoms with Gasteiger partial charge in [0.1, 0.15) is 0 Å². The van der Waals surface area contributed by atoms with E-state index in [-0.39, 0.29) is 49.3 Å². The zero-order valence-electron chi connectivity index (χ0n) is 25.9. The molecule has 0 fully saturated rings. The molecule has 0 aliphatic rings. The van der Waals surface area contributed by atoms with Gasteiger partial charge in [0.25, 0.3) is 0 Å². The van der Waals surface area contributed by atoms with E-state index in [0.29, 0.717) is 32.2 Å². The lowest BCUT2D eigenvalue weighted by atomic mass is 9.84. The summed E-state index contributed by atoms with van der Waals surface area (Å²) in [6, 6.07) is 5.16. The number of H-pyrrole nitrogens is 1. The van der Waals surface area contributed by atoms with Gasteiger partial charge in [-0.15, -0.1) is 0 Å². The molecule has 44 heavy (non-hydrogen) atoms. The van der Waals surface area contributed by atoms with Crippen LogP contribution >= 0.6 is 0 Å². The van der Waals surface area contributed by atoms with Gasteiger partial charge >= 0.3 is 0 Å². The molecule has 2 rings (SSSR count). The Morgan fingerprint density at radius 1 is 0.864 bits per heavy atom. The van der Waals surface area contributed by atoms with E-state index in [4.69, 9.17) is 28.7 Å². The van der Waals surface area contributed by atoms with E-state index in [2.05, 4.69) is 25.6 Å². The second kappa shape index (κ2) is 17.0. The maximum atomic E-state index is 13.3. The van der Waals surface area contributed by atoms with Crippen molar-refractivity contribution in [2.75, 3.05) is 13.1 Å². The Kier molecular flexibility index (Phi) is 13.8. The molecular weight excluding hydrogens is 564 g/mol. The number of nitrogens with one attached hydrogen (secondary N) is 3. The van der Waals surface area contributed by atoms with Gasteiger partial charge in [0.2, 0.25) is 11.8 Å². The van der Waals surface area contributed by atoms with Gasteiger partial charge in [-0.05, 0) is 37.3 Å². The average Bonchev–Trinajstić information content (AvgIpc) is 3.36. The number of nitrogens with two attached hydrogens (primary N) is 5. The summed E-state index contributed by atoms with van der Waals surface area (Å²) in [6.07, 6.45) is 3.26. The fourth-order valence-electron chi connectivity index (χ4n) is 4.68. The number of rotatable bonds is 18. The maximum Gasteiger partial charge on any atom is 0.237 e. The van der Waals surface area contributed by atoms with Gasteiger partial charge < -0.3 is 44.3 Å². The molecule has 0 saturated carbocycles. The lowest BCUT2D eigenvalue weighted by molar-refractivity contribution is -0.133. The van der Waals surface area contributed by atoms with Crippen molar-refractivity contribution in [1.82, 2.24) is 15.6 Å². The van der Waals surface area contributed by atoms with Crippen LogP contribution in [0.4, 0.5) is 0 Å². The number of hydrogen-bond acceptors (Lipinski definition) is 7. The van der Waals surface area contributed by atoms with Crippen LogP contribution in [0.15, 0.2) is 40.4 Å². The number of nitrogens with zero attached hydrogens (tertiary/aromatic N) is 2. The highest BCUT2D eigenvalue weighted by Crippen LogP contribution is 2.23. The number of benzene rings is 1. The summed E-state index contributed by atoms with van der Waals surface area (Å²) in [4.78, 5) is 63.3. The molecule has 0 radical (unpaired) electrons. The van der Waals surface area contributed by atoms with Crippen LogP contribution in [0, 0.1) is 5.41 Å². The smallest absolute Gasteiger partial charge is 0.237 e. The minimum atomic E-state index is -0.897. The highest BCUT2D eigenvalue weighted by atomic mass is 16.2. The van der Waals surface area contributed by atoms with Crippen LogP contribution in [-0.2, 0) is 25.6 Å². The fraction of sp³-hybridized carbons (Fsp3) is 0.533. The summed E-state index contributed by atoms with van der Waals surface area (Å²) in [5.74, 6) is -1.55. The Hall–Kier alpha value is -4.46. The molecule has 0 saturated heterocycles. The van der Waals surface area contributed by atoms with Crippen LogP contribution in [0.3, 0.4) is 0 Å². The van der Waals surface area contributed by atoms with Gasteiger partial charge in [-0.2, -0.15) is 0 Å². The average molecular weight is 613 g/mol. The summed E-state index contributed by atoms with van der Waals surface area (Å²) in [5, 5.41) is 6.52. The normalized spacial score (nSPS) is 13.4. The quantitative estimate of drug-likeness (QED) is 0.0642. The molecule has 2 amide bonds. The standard InChI is InChI=1S/C30H48N10O4/c1-30(2,3)26(43)23(16-18-17-38-21-10-5-4-8-19(18)21)39-25(42)13-12-24(41)22(11-7-15-37-29(34)35)40-27(44)20(31)9-6-14-36-28(32)33/h4-5,8,10,17,20,22-23,38H,6-7,9,11-16,31H2,1-3H3,(H,39,42)(H,40,44)(H4,32,33,36)(H4,34,35,37)/t20-,22-,23-/m0/s1. The molecule has 1 heterocycles. The third-order valence-corrected chi connectivity index (χ3v) is 7.04. The molecule has 0 spiro atoms. The number of Topliss-reactive ketones (excluding diaryl/α,β-unsaturated/α-hetero) is 2. The van der Waals surface area contributed by atoms with Gasteiger partial charge in [-0.1, -0.05) is 39.0 Å². The monoisotopic (exact) mass is 612 g/mol. The van der Waals surface area contributed by atoms with E-state index in [1.165, 1.54) is 0 Å². The molecule has 1 aromatic heterocycles. The first-order chi connectivity index (χ1) is 20.7. The zero-order chi connectivity index (χ0) is 32.9. The summed E-state index contributed by atoms with van der Waals surface area (Å²) in [5.41, 5.74) is 28.5. The third kappa shape index (κ3) is 12.0. The Bertz CT molecular complexity index is 1340. The van der Waals surface area contributed by atoms with Crippen LogP contribution in [0.2, 0.25) is 0 Å². The highest BCUT2D eigenvalue weighted by molar-refractivity contribution is 5.95. The molecule has 0 aliphatic carbocycles. The van der Waals surface area contributed by atoms with E-state index in [1.54, 1.807) is 20.8 Å². The first-order valence-corrected chi connectivity index (χ1v) is 14.8. The molecule has 0 aliphatic heterocycles. The van der Waals surface area contributed by atoms with Gasteiger partial charge in [0.15, 0.2) is 23.5 Å². The van der Waals surface area contributed by atoms with E-state index in [9.17, 15) is 19.2 Å². The second-order valence-electron chi connectivity index (χ2n) is 11.8. The highest BCUT2D eigenvalue weighted by Gasteiger charge is 2.32. The molecule has 14 nitrogen and oxygen atoms in total. The fourth-order valence-corrected chi connectivity index (χ4v) is 4.68. The number of fused-ring (bicyclic) bond motifs is 1. The lowest BCUT2D eigenvalue weighted by Crippen LogP contribution is -2.49. The predicted octanol–water partition coefficient (Wildman–Crippen LogP) is 0.0790. The first kappa shape index (κ1) is 35.7. The summed E-state index contributed by atoms with van der Waals surface area (Å²) in [7, 11) is 0. The number of carbonyl (C=O) groups excluding carboxylic acids is 4. The van der Waals surface area contributed by atoms with Crippen LogP contribution in [0.5, 0.6) is 0 Å². The number of amides is 2. The van der Waals surface area contributed by atoms with Crippen molar-refractivity contribution >= 4 is 46.2 Å². The summed E-state index contributed by atoms with van der Waals surface area (Å²) < 4.78 is 0. The number of para-hydroxylation sites is 1. The van der Waals surface area contributed by atoms with E-state index in [0.717, 1.165) is 16.5 Å². The Labute approximate surface area is 258 Å². The van der Waals surface area contributed by atoms with Gasteiger partial charge in [0.05, 0.1) is 18.1 Å². The topological polar surface area (TPSA) is 263 Å². The van der Waals surface area contributed by atoms with Crippen LogP contribution < -0.4 is 39.3 Å². The van der Waals surface area contributed by atoms with E-state index < -0.39 is 35.4 Å². The SMILES string of the molecule is CC(C)(C)C(=O)[C@H](Cc1c[nH]c2ccccc12)NC(=O)CCC(=O)[C@H](CCCN=C(N)N)NC(=O)[C@@H](N)CCCN=C(N)N. The largest absolute Gasteiger partial charge is 0.370 e. The van der Waals surface area contributed by atoms with Gasteiger partial charge in [-0.3, -0.25) is 29.2 Å². The van der Waals surface area contributed by atoms with Crippen molar-refractivity contribution in [2.24, 2.45) is 44.1 Å².